The van der Waals surface area contributed by atoms with Crippen LogP contribution in [-0.2, 0) is 0 Å². The fourth-order valence-electron chi connectivity index (χ4n) is 3.35. The Morgan fingerprint density at radius 3 is 2.65 bits per heavy atom. The molecule has 1 aromatic heterocycles. The number of hydrogen-bond donors (Lipinski definition) is 0. The van der Waals surface area contributed by atoms with E-state index in [1.165, 1.54) is 24.3 Å². The van der Waals surface area contributed by atoms with Gasteiger partial charge in [-0.15, -0.1) is 0 Å². The third-order valence-electron chi connectivity index (χ3n) is 4.64. The number of aromatic nitrogens is 1. The van der Waals surface area contributed by atoms with Crippen molar-refractivity contribution in [2.24, 2.45) is 0 Å². The molecule has 2 aromatic carbocycles. The van der Waals surface area contributed by atoms with Gasteiger partial charge in [0, 0.05) is 23.7 Å². The van der Waals surface area contributed by atoms with E-state index in [1.807, 2.05) is 0 Å². The van der Waals surface area contributed by atoms with E-state index in [4.69, 9.17) is 4.52 Å². The van der Waals surface area contributed by atoms with Gasteiger partial charge >= 0.3 is 0 Å². The number of benzene rings is 2. The average Bonchev–Trinajstić information content (AvgIpc) is 3.32. The number of hydrogen-bond acceptors (Lipinski definition) is 3. The molecule has 26 heavy (non-hydrogen) atoms. The van der Waals surface area contributed by atoms with Crippen molar-refractivity contribution in [3.63, 3.8) is 0 Å². The Balaban J connectivity index is 1.59. The maximum absolute atomic E-state index is 14.1. The van der Waals surface area contributed by atoms with E-state index in [-0.39, 0.29) is 29.3 Å². The summed E-state index contributed by atoms with van der Waals surface area (Å²) in [6.45, 7) is 0.538. The normalized spacial score (nSPS) is 16.8. The Morgan fingerprint density at radius 2 is 1.88 bits per heavy atom. The minimum absolute atomic E-state index is 0.160. The second-order valence-electron chi connectivity index (χ2n) is 6.26. The van der Waals surface area contributed by atoms with Crippen LogP contribution in [0.15, 0.2) is 59.1 Å². The molecule has 0 N–H and O–H groups in total. The van der Waals surface area contributed by atoms with Gasteiger partial charge < -0.3 is 9.42 Å². The van der Waals surface area contributed by atoms with Crippen molar-refractivity contribution in [3.05, 3.63) is 77.5 Å². The summed E-state index contributed by atoms with van der Waals surface area (Å²) in [7, 11) is 0. The van der Waals surface area contributed by atoms with Crippen molar-refractivity contribution in [3.8, 4) is 11.3 Å². The highest BCUT2D eigenvalue weighted by Crippen LogP contribution is 2.34. The number of amides is 1. The van der Waals surface area contributed by atoms with E-state index in [2.05, 4.69) is 5.16 Å². The average molecular weight is 354 g/mol. The number of rotatable bonds is 3. The number of nitrogens with zero attached hydrogens (tertiary/aromatic N) is 2. The van der Waals surface area contributed by atoms with E-state index in [0.29, 0.717) is 29.9 Å². The van der Waals surface area contributed by atoms with Crippen molar-refractivity contribution in [1.29, 1.82) is 0 Å². The van der Waals surface area contributed by atoms with E-state index in [1.54, 1.807) is 35.2 Å². The summed E-state index contributed by atoms with van der Waals surface area (Å²) in [5.41, 5.74) is 1.30. The predicted octanol–water partition coefficient (Wildman–Crippen LogP) is 4.60. The fourth-order valence-corrected chi connectivity index (χ4v) is 3.35. The summed E-state index contributed by atoms with van der Waals surface area (Å²) in [6, 6.07) is 13.5. The second kappa shape index (κ2) is 6.71. The zero-order chi connectivity index (χ0) is 18.1. The minimum atomic E-state index is -0.352. The Hall–Kier alpha value is -3.02. The number of carbonyl (C=O) groups excluding carboxylic acids is 1. The standard InChI is InChI=1S/C20H16F2N2O2/c21-14-9-7-13(8-10-14)19-12-17(23-26-19)20(25)24-11-3-6-18(24)15-4-1-2-5-16(15)22/h1-2,4-5,7-10,12,18H,3,6,11H2. The molecule has 1 saturated heterocycles. The molecule has 1 atom stereocenters. The maximum Gasteiger partial charge on any atom is 0.276 e. The van der Waals surface area contributed by atoms with Crippen LogP contribution in [0.5, 0.6) is 0 Å². The van der Waals surface area contributed by atoms with Gasteiger partial charge in [0.1, 0.15) is 11.6 Å². The summed E-state index contributed by atoms with van der Waals surface area (Å²) in [5, 5.41) is 3.86. The first-order chi connectivity index (χ1) is 12.6. The first-order valence-electron chi connectivity index (χ1n) is 8.41. The maximum atomic E-state index is 14.1. The van der Waals surface area contributed by atoms with Crippen LogP contribution in [0.25, 0.3) is 11.3 Å². The Bertz CT molecular complexity index is 937. The third kappa shape index (κ3) is 2.98. The molecule has 0 spiro atoms. The van der Waals surface area contributed by atoms with Gasteiger partial charge in [-0.25, -0.2) is 8.78 Å². The highest BCUT2D eigenvalue weighted by Gasteiger charge is 2.33. The highest BCUT2D eigenvalue weighted by molar-refractivity contribution is 5.93. The molecule has 1 aliphatic rings. The largest absolute Gasteiger partial charge is 0.355 e. The topological polar surface area (TPSA) is 46.3 Å². The SMILES string of the molecule is O=C(c1cc(-c2ccc(F)cc2)on1)N1CCCC1c1ccccc1F. The Labute approximate surface area is 149 Å². The van der Waals surface area contributed by atoms with Crippen LogP contribution < -0.4 is 0 Å². The van der Waals surface area contributed by atoms with Gasteiger partial charge in [0.25, 0.3) is 5.91 Å². The minimum Gasteiger partial charge on any atom is -0.355 e. The number of carbonyl (C=O) groups is 1. The quantitative estimate of drug-likeness (QED) is 0.691. The second-order valence-corrected chi connectivity index (χ2v) is 6.26. The van der Waals surface area contributed by atoms with Crippen LogP contribution in [0, 0.1) is 11.6 Å². The zero-order valence-corrected chi connectivity index (χ0v) is 13.9. The van der Waals surface area contributed by atoms with Crippen LogP contribution in [0.2, 0.25) is 0 Å². The Morgan fingerprint density at radius 1 is 1.12 bits per heavy atom. The molecule has 4 nitrogen and oxygen atoms in total. The summed E-state index contributed by atoms with van der Waals surface area (Å²) >= 11 is 0. The molecule has 0 aliphatic carbocycles. The van der Waals surface area contributed by atoms with Crippen molar-refractivity contribution in [1.82, 2.24) is 10.1 Å². The lowest BCUT2D eigenvalue weighted by Crippen LogP contribution is -2.31. The van der Waals surface area contributed by atoms with Gasteiger partial charge in [0.15, 0.2) is 11.5 Å². The molecule has 3 aromatic rings. The number of halogens is 2. The molecule has 1 unspecified atom stereocenters. The van der Waals surface area contributed by atoms with E-state index < -0.39 is 0 Å². The van der Waals surface area contributed by atoms with Crippen LogP contribution in [-0.4, -0.2) is 22.5 Å². The fraction of sp³-hybridized carbons (Fsp3) is 0.200. The molecule has 1 fully saturated rings. The zero-order valence-electron chi connectivity index (χ0n) is 13.9. The van der Waals surface area contributed by atoms with Crippen LogP contribution in [0.3, 0.4) is 0 Å². The monoisotopic (exact) mass is 354 g/mol. The molecular weight excluding hydrogens is 338 g/mol. The highest BCUT2D eigenvalue weighted by atomic mass is 19.1. The molecule has 2 heterocycles. The van der Waals surface area contributed by atoms with Crippen molar-refractivity contribution >= 4 is 5.91 Å². The lowest BCUT2D eigenvalue weighted by Gasteiger charge is -2.24. The molecular formula is C20H16F2N2O2. The van der Waals surface area contributed by atoms with Gasteiger partial charge in [0.2, 0.25) is 0 Å². The molecule has 4 rings (SSSR count). The smallest absolute Gasteiger partial charge is 0.276 e. The van der Waals surface area contributed by atoms with Gasteiger partial charge in [0.05, 0.1) is 6.04 Å². The molecule has 132 valence electrons. The van der Waals surface area contributed by atoms with Crippen molar-refractivity contribution < 1.29 is 18.1 Å². The summed E-state index contributed by atoms with van der Waals surface area (Å²) < 4.78 is 32.4. The van der Waals surface area contributed by atoms with Crippen molar-refractivity contribution in [2.75, 3.05) is 6.54 Å². The molecule has 1 aliphatic heterocycles. The van der Waals surface area contributed by atoms with Gasteiger partial charge in [-0.2, -0.15) is 0 Å². The molecule has 1 amide bonds. The molecule has 0 radical (unpaired) electrons. The predicted molar refractivity (Wildman–Crippen MR) is 91.3 cm³/mol. The van der Waals surface area contributed by atoms with Crippen LogP contribution in [0.1, 0.15) is 34.9 Å². The first-order valence-corrected chi connectivity index (χ1v) is 8.41. The molecule has 6 heteroatoms. The first kappa shape index (κ1) is 16.4. The lowest BCUT2D eigenvalue weighted by molar-refractivity contribution is 0.0723. The molecule has 0 bridgehead atoms. The summed E-state index contributed by atoms with van der Waals surface area (Å²) in [4.78, 5) is 14.5. The van der Waals surface area contributed by atoms with E-state index >= 15 is 0 Å². The van der Waals surface area contributed by atoms with Gasteiger partial charge in [-0.1, -0.05) is 23.4 Å². The van der Waals surface area contributed by atoms with E-state index in [9.17, 15) is 13.6 Å². The van der Waals surface area contributed by atoms with Crippen LogP contribution in [0.4, 0.5) is 8.78 Å². The summed E-state index contributed by atoms with van der Waals surface area (Å²) in [5.74, 6) is -0.582. The van der Waals surface area contributed by atoms with Gasteiger partial charge in [-0.3, -0.25) is 4.79 Å². The number of likely N-dealkylation sites (tertiary alicyclic amines) is 1. The van der Waals surface area contributed by atoms with Gasteiger partial charge in [-0.05, 0) is 43.2 Å². The van der Waals surface area contributed by atoms with Crippen LogP contribution >= 0.6 is 0 Å². The van der Waals surface area contributed by atoms with E-state index in [0.717, 1.165) is 6.42 Å². The Kier molecular flexibility index (Phi) is 4.24. The lowest BCUT2D eigenvalue weighted by atomic mass is 10.0. The third-order valence-corrected chi connectivity index (χ3v) is 4.64. The summed E-state index contributed by atoms with van der Waals surface area (Å²) in [6.07, 6.45) is 1.50. The molecule has 0 saturated carbocycles. The van der Waals surface area contributed by atoms with Crippen molar-refractivity contribution in [2.45, 2.75) is 18.9 Å².